The summed E-state index contributed by atoms with van der Waals surface area (Å²) in [5.41, 5.74) is 0.537. The van der Waals surface area contributed by atoms with Crippen molar-refractivity contribution in [3.8, 4) is 0 Å². The minimum absolute atomic E-state index is 0.0473. The van der Waals surface area contributed by atoms with Crippen LogP contribution in [0.4, 0.5) is 11.5 Å². The van der Waals surface area contributed by atoms with Gasteiger partial charge in [0.05, 0.1) is 11.1 Å². The molecule has 0 saturated heterocycles. The summed E-state index contributed by atoms with van der Waals surface area (Å²) in [5, 5.41) is 3.27. The van der Waals surface area contributed by atoms with Crippen LogP contribution in [0.2, 0.25) is 10.3 Å². The lowest BCUT2D eigenvalue weighted by molar-refractivity contribution is 0.581. The van der Waals surface area contributed by atoms with Crippen LogP contribution in [0.15, 0.2) is 35.4 Å². The molecule has 6 nitrogen and oxygen atoms in total. The van der Waals surface area contributed by atoms with E-state index in [1.807, 2.05) is 0 Å². The van der Waals surface area contributed by atoms with Crippen molar-refractivity contribution in [1.82, 2.24) is 14.7 Å². The highest BCUT2D eigenvalue weighted by atomic mass is 35.5. The molecule has 1 aromatic carbocycles. The van der Waals surface area contributed by atoms with Crippen LogP contribution in [0.5, 0.6) is 0 Å². The molecule has 0 radical (unpaired) electrons. The van der Waals surface area contributed by atoms with Crippen molar-refractivity contribution in [3.63, 3.8) is 0 Å². The highest BCUT2D eigenvalue weighted by molar-refractivity contribution is 7.89. The molecule has 116 valence electrons. The Hall–Kier alpha value is -1.41. The Balaban J connectivity index is 1.86. The molecular weight excluding hydrogens is 347 g/mol. The van der Waals surface area contributed by atoms with Crippen LogP contribution in [-0.2, 0) is 10.0 Å². The van der Waals surface area contributed by atoms with E-state index < -0.39 is 10.0 Å². The molecule has 9 heteroatoms. The molecule has 1 heterocycles. The molecule has 3 rings (SSSR count). The third kappa shape index (κ3) is 3.67. The number of hydrogen-bond donors (Lipinski definition) is 2. The molecule has 0 unspecified atom stereocenters. The first-order valence-corrected chi connectivity index (χ1v) is 8.75. The first-order chi connectivity index (χ1) is 10.4. The fourth-order valence-corrected chi connectivity index (χ4v) is 3.42. The van der Waals surface area contributed by atoms with Crippen LogP contribution >= 0.6 is 23.2 Å². The summed E-state index contributed by atoms with van der Waals surface area (Å²) in [6.07, 6.45) is 3.13. The Morgan fingerprint density at radius 1 is 1.23 bits per heavy atom. The van der Waals surface area contributed by atoms with Gasteiger partial charge in [0.25, 0.3) is 0 Å². The zero-order chi connectivity index (χ0) is 15.7. The number of halogens is 2. The third-order valence-electron chi connectivity index (χ3n) is 3.02. The maximum absolute atomic E-state index is 12.2. The maximum atomic E-state index is 12.2. The van der Waals surface area contributed by atoms with Crippen molar-refractivity contribution < 1.29 is 8.42 Å². The second kappa shape index (κ2) is 6.00. The van der Waals surface area contributed by atoms with Gasteiger partial charge in [-0.1, -0.05) is 17.7 Å². The molecule has 0 aliphatic heterocycles. The number of rotatable bonds is 5. The number of anilines is 2. The molecule has 22 heavy (non-hydrogen) atoms. The van der Waals surface area contributed by atoms with Crippen molar-refractivity contribution in [1.29, 1.82) is 0 Å². The fraction of sp³-hybridized carbons (Fsp3) is 0.231. The minimum Gasteiger partial charge on any atom is -0.339 e. The van der Waals surface area contributed by atoms with Crippen LogP contribution in [0.25, 0.3) is 0 Å². The van der Waals surface area contributed by atoms with E-state index in [1.54, 1.807) is 12.1 Å². The van der Waals surface area contributed by atoms with E-state index in [1.165, 1.54) is 18.3 Å². The highest BCUT2D eigenvalue weighted by Gasteiger charge is 2.28. The molecule has 1 aromatic heterocycles. The average Bonchev–Trinajstić information content (AvgIpc) is 3.26. The van der Waals surface area contributed by atoms with Crippen molar-refractivity contribution in [3.05, 3.63) is 40.8 Å². The number of benzene rings is 1. The van der Waals surface area contributed by atoms with Gasteiger partial charge in [-0.3, -0.25) is 0 Å². The molecule has 2 aromatic rings. The maximum Gasteiger partial charge on any atom is 0.240 e. The molecule has 2 N–H and O–H groups in total. The van der Waals surface area contributed by atoms with Crippen molar-refractivity contribution >= 4 is 44.7 Å². The van der Waals surface area contributed by atoms with Gasteiger partial charge in [-0.05, 0) is 42.6 Å². The Morgan fingerprint density at radius 3 is 2.73 bits per heavy atom. The lowest BCUT2D eigenvalue weighted by atomic mass is 10.3. The van der Waals surface area contributed by atoms with Gasteiger partial charge in [0, 0.05) is 11.7 Å². The monoisotopic (exact) mass is 358 g/mol. The van der Waals surface area contributed by atoms with Crippen LogP contribution in [0, 0.1) is 0 Å². The van der Waals surface area contributed by atoms with E-state index in [2.05, 4.69) is 20.0 Å². The smallest absolute Gasteiger partial charge is 0.240 e. The first-order valence-electron chi connectivity index (χ1n) is 6.51. The predicted molar refractivity (Wildman–Crippen MR) is 85.1 cm³/mol. The molecule has 1 aliphatic carbocycles. The largest absolute Gasteiger partial charge is 0.339 e. The Labute approximate surface area is 137 Å². The molecule has 0 atom stereocenters. The van der Waals surface area contributed by atoms with E-state index in [9.17, 15) is 8.42 Å². The van der Waals surface area contributed by atoms with Crippen LogP contribution < -0.4 is 10.0 Å². The number of hydrogen-bond acceptors (Lipinski definition) is 5. The molecule has 1 fully saturated rings. The Morgan fingerprint density at radius 2 is 2.00 bits per heavy atom. The van der Waals surface area contributed by atoms with Crippen LogP contribution in [0.1, 0.15) is 12.8 Å². The van der Waals surface area contributed by atoms with Gasteiger partial charge in [0.1, 0.15) is 5.02 Å². The molecule has 0 amide bonds. The molecule has 0 bridgehead atoms. The fourth-order valence-electron chi connectivity index (χ4n) is 1.80. The summed E-state index contributed by atoms with van der Waals surface area (Å²) in [6, 6.07) is 6.45. The Bertz CT molecular complexity index is 809. The van der Waals surface area contributed by atoms with Crippen molar-refractivity contribution in [2.45, 2.75) is 23.8 Å². The third-order valence-corrected chi connectivity index (χ3v) is 5.00. The van der Waals surface area contributed by atoms with E-state index in [0.29, 0.717) is 11.5 Å². The molecule has 0 spiro atoms. The Kier molecular flexibility index (Phi) is 4.22. The highest BCUT2D eigenvalue weighted by Crippen LogP contribution is 2.26. The lowest BCUT2D eigenvalue weighted by Gasteiger charge is -2.10. The summed E-state index contributed by atoms with van der Waals surface area (Å²) >= 11 is 11.7. The van der Waals surface area contributed by atoms with Crippen molar-refractivity contribution in [2.75, 3.05) is 5.32 Å². The van der Waals surface area contributed by atoms with E-state index in [0.717, 1.165) is 12.8 Å². The van der Waals surface area contributed by atoms with Gasteiger partial charge in [-0.2, -0.15) is 4.98 Å². The van der Waals surface area contributed by atoms with Gasteiger partial charge in [0.2, 0.25) is 15.3 Å². The van der Waals surface area contributed by atoms with Gasteiger partial charge >= 0.3 is 0 Å². The second-order valence-corrected chi connectivity index (χ2v) is 7.34. The summed E-state index contributed by atoms with van der Waals surface area (Å²) in [6.45, 7) is 0. The van der Waals surface area contributed by atoms with Gasteiger partial charge in [-0.15, -0.1) is 0 Å². The summed E-state index contributed by atoms with van der Waals surface area (Å²) in [5.74, 6) is 0.311. The quantitative estimate of drug-likeness (QED) is 0.802. The lowest BCUT2D eigenvalue weighted by Crippen LogP contribution is -2.25. The second-order valence-electron chi connectivity index (χ2n) is 4.88. The topological polar surface area (TPSA) is 84.0 Å². The molecule has 1 aliphatic rings. The summed E-state index contributed by atoms with van der Waals surface area (Å²) < 4.78 is 27.0. The number of aromatic nitrogens is 2. The van der Waals surface area contributed by atoms with Crippen molar-refractivity contribution in [2.24, 2.45) is 0 Å². The molecular formula is C13H12Cl2N4O2S. The van der Waals surface area contributed by atoms with E-state index in [4.69, 9.17) is 23.2 Å². The predicted octanol–water partition coefficient (Wildman–Crippen LogP) is 2.97. The SMILES string of the molecule is O=S(=O)(NC1CC1)c1cccc(Nc2nc(Cl)ncc2Cl)c1. The van der Waals surface area contributed by atoms with E-state index in [-0.39, 0.29) is 21.2 Å². The van der Waals surface area contributed by atoms with Gasteiger partial charge in [-0.25, -0.2) is 18.1 Å². The number of nitrogens with zero attached hydrogens (tertiary/aromatic N) is 2. The number of sulfonamides is 1. The van der Waals surface area contributed by atoms with Gasteiger partial charge in [0.15, 0.2) is 5.82 Å². The summed E-state index contributed by atoms with van der Waals surface area (Å²) in [7, 11) is -3.51. The number of nitrogens with one attached hydrogen (secondary N) is 2. The zero-order valence-corrected chi connectivity index (χ0v) is 13.6. The van der Waals surface area contributed by atoms with Crippen LogP contribution in [-0.4, -0.2) is 24.4 Å². The average molecular weight is 359 g/mol. The van der Waals surface area contributed by atoms with E-state index >= 15 is 0 Å². The van der Waals surface area contributed by atoms with Crippen LogP contribution in [0.3, 0.4) is 0 Å². The first kappa shape index (κ1) is 15.5. The standard InChI is InChI=1S/C13H12Cl2N4O2S/c14-11-7-16-13(15)18-12(11)17-9-2-1-3-10(6-9)22(20,21)19-8-4-5-8/h1-3,6-8,19H,4-5H2,(H,16,17,18). The summed E-state index contributed by atoms with van der Waals surface area (Å²) in [4.78, 5) is 7.90. The van der Waals surface area contributed by atoms with Gasteiger partial charge < -0.3 is 5.32 Å². The molecule has 1 saturated carbocycles. The zero-order valence-electron chi connectivity index (χ0n) is 11.3. The normalized spacial score (nSPS) is 14.8. The minimum atomic E-state index is -3.51.